The standard InChI is InChI=1S/C28H30F3N7O2S/c1-15(2)38-12-6-7-20(38)16(3)34-26-18(10-11-23(36-26)28(29,30)31)19-13-24(33-14-32-19)40-21-8-5-9-22-25(21)37-27(41-22)35-17(4)39/h5,8-11,13-16,20H,6-7,12H2,1-4H3,(H,34,36)(H,35,37,39). The molecule has 0 aliphatic carbocycles. The summed E-state index contributed by atoms with van der Waals surface area (Å²) in [5.74, 6) is 0.444. The molecule has 4 aromatic rings. The SMILES string of the molecule is CC(=O)Nc1nc2c(Oc3cc(-c4ccc(C(F)(F)F)nc4NC(C)C4CCCN4C(C)C)ncn3)cccc2s1. The van der Waals surface area contributed by atoms with Crippen LogP contribution in [0, 0.1) is 0 Å². The molecular weight excluding hydrogens is 555 g/mol. The van der Waals surface area contributed by atoms with E-state index in [9.17, 15) is 18.0 Å². The molecule has 1 aliphatic rings. The van der Waals surface area contributed by atoms with E-state index in [1.807, 2.05) is 13.0 Å². The second-order valence-electron chi connectivity index (χ2n) is 10.2. The van der Waals surface area contributed by atoms with Gasteiger partial charge in [-0.2, -0.15) is 13.2 Å². The first kappa shape index (κ1) is 28.7. The third kappa shape index (κ3) is 6.41. The first-order valence-electron chi connectivity index (χ1n) is 13.3. The highest BCUT2D eigenvalue weighted by Crippen LogP contribution is 2.37. The third-order valence-corrected chi connectivity index (χ3v) is 7.87. The maximum Gasteiger partial charge on any atom is 0.433 e. The van der Waals surface area contributed by atoms with E-state index in [0.717, 1.165) is 30.2 Å². The summed E-state index contributed by atoms with van der Waals surface area (Å²) >= 11 is 1.31. The molecule has 2 unspecified atom stereocenters. The predicted octanol–water partition coefficient (Wildman–Crippen LogP) is 6.59. The van der Waals surface area contributed by atoms with E-state index in [1.165, 1.54) is 30.7 Å². The Kier molecular flexibility index (Phi) is 8.09. The molecule has 3 aromatic heterocycles. The molecule has 9 nitrogen and oxygen atoms in total. The van der Waals surface area contributed by atoms with Gasteiger partial charge in [-0.25, -0.2) is 19.9 Å². The Bertz CT molecular complexity index is 1560. The molecule has 0 spiro atoms. The largest absolute Gasteiger partial charge is 0.437 e. The summed E-state index contributed by atoms with van der Waals surface area (Å²) in [6, 6.07) is 9.55. The molecule has 0 radical (unpaired) electrons. The molecule has 216 valence electrons. The van der Waals surface area contributed by atoms with Crippen molar-refractivity contribution in [1.29, 1.82) is 0 Å². The number of benzene rings is 1. The monoisotopic (exact) mass is 585 g/mol. The molecule has 2 N–H and O–H groups in total. The number of thiazole rings is 1. The summed E-state index contributed by atoms with van der Waals surface area (Å²) in [5, 5.41) is 6.37. The van der Waals surface area contributed by atoms with Crippen molar-refractivity contribution in [2.45, 2.75) is 64.8 Å². The number of likely N-dealkylation sites (tertiary alicyclic amines) is 1. The van der Waals surface area contributed by atoms with Gasteiger partial charge in [-0.05, 0) is 64.4 Å². The Balaban J connectivity index is 1.47. The molecule has 1 aliphatic heterocycles. The van der Waals surface area contributed by atoms with Crippen LogP contribution in [0.5, 0.6) is 11.6 Å². The molecule has 13 heteroatoms. The number of ether oxygens (including phenoxy) is 1. The number of rotatable bonds is 8. The van der Waals surface area contributed by atoms with Gasteiger partial charge in [0.1, 0.15) is 23.4 Å². The number of aromatic nitrogens is 4. The first-order valence-corrected chi connectivity index (χ1v) is 14.1. The first-order chi connectivity index (χ1) is 19.5. The van der Waals surface area contributed by atoms with Gasteiger partial charge in [0.05, 0.1) is 10.4 Å². The second kappa shape index (κ2) is 11.6. The normalized spacial score (nSPS) is 16.7. The summed E-state index contributed by atoms with van der Waals surface area (Å²) in [5.41, 5.74) is 0.298. The van der Waals surface area contributed by atoms with Gasteiger partial charge >= 0.3 is 6.18 Å². The number of anilines is 2. The Labute approximate surface area is 239 Å². The molecule has 1 fully saturated rings. The highest BCUT2D eigenvalue weighted by Gasteiger charge is 2.35. The summed E-state index contributed by atoms with van der Waals surface area (Å²) in [7, 11) is 0. The van der Waals surface area contributed by atoms with Gasteiger partial charge in [0, 0.05) is 36.7 Å². The fourth-order valence-electron chi connectivity index (χ4n) is 5.10. The summed E-state index contributed by atoms with van der Waals surface area (Å²) in [6.07, 6.45) is -1.34. The average molecular weight is 586 g/mol. The van der Waals surface area contributed by atoms with Crippen molar-refractivity contribution in [1.82, 2.24) is 24.8 Å². The van der Waals surface area contributed by atoms with Crippen molar-refractivity contribution >= 4 is 38.4 Å². The van der Waals surface area contributed by atoms with E-state index in [2.05, 4.69) is 49.3 Å². The van der Waals surface area contributed by atoms with Crippen LogP contribution in [0.15, 0.2) is 42.7 Å². The zero-order valence-electron chi connectivity index (χ0n) is 23.0. The highest BCUT2D eigenvalue weighted by molar-refractivity contribution is 7.22. The highest BCUT2D eigenvalue weighted by atomic mass is 32.1. The zero-order chi connectivity index (χ0) is 29.3. The Morgan fingerprint density at radius 2 is 1.95 bits per heavy atom. The number of pyridine rings is 1. The van der Waals surface area contributed by atoms with Gasteiger partial charge in [-0.1, -0.05) is 17.4 Å². The van der Waals surface area contributed by atoms with Crippen LogP contribution in [0.1, 0.15) is 46.2 Å². The molecule has 5 rings (SSSR count). The quantitative estimate of drug-likeness (QED) is 0.239. The van der Waals surface area contributed by atoms with Crippen LogP contribution in [-0.2, 0) is 11.0 Å². The van der Waals surface area contributed by atoms with E-state index >= 15 is 0 Å². The predicted molar refractivity (Wildman–Crippen MR) is 152 cm³/mol. The number of alkyl halides is 3. The number of halogens is 3. The van der Waals surface area contributed by atoms with Crippen LogP contribution < -0.4 is 15.4 Å². The molecule has 2 atom stereocenters. The van der Waals surface area contributed by atoms with Gasteiger partial charge in [0.15, 0.2) is 10.9 Å². The fraction of sp³-hybridized carbons (Fsp3) is 0.393. The zero-order valence-corrected chi connectivity index (χ0v) is 23.8. The lowest BCUT2D eigenvalue weighted by molar-refractivity contribution is -0.141. The minimum Gasteiger partial charge on any atom is -0.437 e. The van der Waals surface area contributed by atoms with Crippen LogP contribution >= 0.6 is 11.3 Å². The Morgan fingerprint density at radius 1 is 1.15 bits per heavy atom. The lowest BCUT2D eigenvalue weighted by atomic mass is 10.1. The lowest BCUT2D eigenvalue weighted by Crippen LogP contribution is -2.45. The molecule has 0 saturated carbocycles. The van der Waals surface area contributed by atoms with Crippen molar-refractivity contribution in [3.63, 3.8) is 0 Å². The van der Waals surface area contributed by atoms with Crippen LogP contribution in [0.4, 0.5) is 24.1 Å². The molecule has 1 amide bonds. The van der Waals surface area contributed by atoms with E-state index in [1.54, 1.807) is 18.2 Å². The van der Waals surface area contributed by atoms with Crippen LogP contribution in [0.25, 0.3) is 21.5 Å². The Morgan fingerprint density at radius 3 is 2.68 bits per heavy atom. The number of fused-ring (bicyclic) bond motifs is 1. The van der Waals surface area contributed by atoms with Gasteiger partial charge in [-0.3, -0.25) is 9.69 Å². The van der Waals surface area contributed by atoms with Crippen molar-refractivity contribution in [2.75, 3.05) is 17.2 Å². The maximum atomic E-state index is 13.6. The number of hydrogen-bond acceptors (Lipinski definition) is 9. The second-order valence-corrected chi connectivity index (χ2v) is 11.2. The lowest BCUT2D eigenvalue weighted by Gasteiger charge is -2.33. The van der Waals surface area contributed by atoms with Gasteiger partial charge < -0.3 is 15.4 Å². The van der Waals surface area contributed by atoms with Gasteiger partial charge in [0.2, 0.25) is 11.8 Å². The van der Waals surface area contributed by atoms with E-state index in [4.69, 9.17) is 4.74 Å². The molecular formula is C28H30F3N7O2S. The summed E-state index contributed by atoms with van der Waals surface area (Å²) in [6.45, 7) is 8.56. The van der Waals surface area contributed by atoms with Gasteiger partial charge in [0.25, 0.3) is 0 Å². The maximum absolute atomic E-state index is 13.6. The smallest absolute Gasteiger partial charge is 0.433 e. The number of amides is 1. The van der Waals surface area contributed by atoms with Crippen LogP contribution in [0.2, 0.25) is 0 Å². The van der Waals surface area contributed by atoms with E-state index in [-0.39, 0.29) is 29.7 Å². The fourth-order valence-corrected chi connectivity index (χ4v) is 6.03. The minimum atomic E-state index is -4.60. The number of carbonyl (C=O) groups excluding carboxylic acids is 1. The summed E-state index contributed by atoms with van der Waals surface area (Å²) in [4.78, 5) is 30.8. The van der Waals surface area contributed by atoms with Crippen LogP contribution in [0.3, 0.4) is 0 Å². The minimum absolute atomic E-state index is 0.0918. The number of carbonyl (C=O) groups is 1. The number of para-hydroxylation sites is 1. The molecule has 41 heavy (non-hydrogen) atoms. The number of nitrogens with one attached hydrogen (secondary N) is 2. The Hall–Kier alpha value is -3.84. The summed E-state index contributed by atoms with van der Waals surface area (Å²) < 4.78 is 47.8. The molecule has 4 heterocycles. The van der Waals surface area contributed by atoms with E-state index < -0.39 is 11.9 Å². The van der Waals surface area contributed by atoms with E-state index in [0.29, 0.717) is 33.7 Å². The molecule has 1 aromatic carbocycles. The van der Waals surface area contributed by atoms with Gasteiger partial charge in [-0.15, -0.1) is 0 Å². The average Bonchev–Trinajstić information content (AvgIpc) is 3.56. The molecule has 0 bridgehead atoms. The molecule has 1 saturated heterocycles. The number of hydrogen-bond donors (Lipinski definition) is 2. The number of nitrogens with zero attached hydrogens (tertiary/aromatic N) is 5. The van der Waals surface area contributed by atoms with Crippen molar-refractivity contribution in [3.05, 3.63) is 48.4 Å². The van der Waals surface area contributed by atoms with Crippen molar-refractivity contribution in [2.24, 2.45) is 0 Å². The third-order valence-electron chi connectivity index (χ3n) is 6.93. The topological polar surface area (TPSA) is 105 Å². The van der Waals surface area contributed by atoms with Crippen molar-refractivity contribution in [3.8, 4) is 22.9 Å². The van der Waals surface area contributed by atoms with Crippen LogP contribution in [-0.4, -0.2) is 55.4 Å². The van der Waals surface area contributed by atoms with Crippen molar-refractivity contribution < 1.29 is 22.7 Å².